The molecule has 4 heteroatoms. The Balaban J connectivity index is 1.51. The Bertz CT molecular complexity index is 860. The molecule has 0 aliphatic carbocycles. The van der Waals surface area contributed by atoms with Gasteiger partial charge in [0.2, 0.25) is 6.54 Å². The molecule has 0 radical (unpaired) electrons. The minimum atomic E-state index is -0.0481. The highest BCUT2D eigenvalue weighted by Crippen LogP contribution is 2.07. The summed E-state index contributed by atoms with van der Waals surface area (Å²) in [7, 11) is 0. The maximum absolute atomic E-state index is 12.4. The van der Waals surface area contributed by atoms with Crippen molar-refractivity contribution in [3.05, 3.63) is 102 Å². The molecule has 1 aromatic heterocycles. The van der Waals surface area contributed by atoms with Gasteiger partial charge in [-0.1, -0.05) is 60.7 Å². The van der Waals surface area contributed by atoms with Crippen LogP contribution in [-0.2, 0) is 17.8 Å². The van der Waals surface area contributed by atoms with Gasteiger partial charge in [-0.25, -0.2) is 0 Å². The summed E-state index contributed by atoms with van der Waals surface area (Å²) in [6.45, 7) is 0.836. The van der Waals surface area contributed by atoms with Crippen LogP contribution >= 0.6 is 0 Å². The molecule has 1 amide bonds. The van der Waals surface area contributed by atoms with E-state index in [1.807, 2.05) is 48.5 Å². The van der Waals surface area contributed by atoms with Crippen molar-refractivity contribution >= 4 is 11.7 Å². The van der Waals surface area contributed by atoms with Crippen molar-refractivity contribution in [2.45, 2.75) is 13.0 Å². The summed E-state index contributed by atoms with van der Waals surface area (Å²) >= 11 is 0. The lowest BCUT2D eigenvalue weighted by Crippen LogP contribution is -2.43. The van der Waals surface area contributed by atoms with Crippen molar-refractivity contribution in [1.29, 1.82) is 0 Å². The lowest BCUT2D eigenvalue weighted by molar-refractivity contribution is -0.684. The fraction of sp³-hybridized carbons (Fsp3) is 0.136. The second kappa shape index (κ2) is 8.72. The molecule has 1 heterocycles. The fourth-order valence-corrected chi connectivity index (χ4v) is 2.68. The van der Waals surface area contributed by atoms with Gasteiger partial charge in [-0.2, -0.15) is 4.57 Å². The van der Waals surface area contributed by atoms with E-state index in [4.69, 9.17) is 0 Å². The molecule has 3 aromatic rings. The number of hydrogen-bond donors (Lipinski definition) is 1. The molecule has 0 aliphatic heterocycles. The Morgan fingerprint density at radius 3 is 2.00 bits per heavy atom. The summed E-state index contributed by atoms with van der Waals surface area (Å²) in [5.41, 5.74) is 2.46. The van der Waals surface area contributed by atoms with E-state index >= 15 is 0 Å². The summed E-state index contributed by atoms with van der Waals surface area (Å²) in [6, 6.07) is 22.7. The first-order valence-corrected chi connectivity index (χ1v) is 8.62. The standard InChI is InChI=1S/C22H20N2O2/c25-21(23-14-11-18-7-3-1-4-8-18)17-24-15-12-20(13-16-24)22(26)19-9-5-2-6-10-19/h1-10,12-13,15-16H,11,14,17H2/p+1. The Labute approximate surface area is 153 Å². The third-order valence-corrected chi connectivity index (χ3v) is 4.09. The molecule has 0 saturated carbocycles. The van der Waals surface area contributed by atoms with Crippen molar-refractivity contribution < 1.29 is 14.2 Å². The largest absolute Gasteiger partial charge is 0.350 e. The van der Waals surface area contributed by atoms with Crippen LogP contribution in [-0.4, -0.2) is 18.2 Å². The average Bonchev–Trinajstić information content (AvgIpc) is 2.69. The monoisotopic (exact) mass is 345 g/mol. The zero-order valence-electron chi connectivity index (χ0n) is 14.5. The van der Waals surface area contributed by atoms with Crippen LogP contribution in [0.4, 0.5) is 0 Å². The van der Waals surface area contributed by atoms with Crippen LogP contribution < -0.4 is 9.88 Å². The Morgan fingerprint density at radius 2 is 1.35 bits per heavy atom. The highest BCUT2D eigenvalue weighted by atomic mass is 16.2. The van der Waals surface area contributed by atoms with E-state index in [-0.39, 0.29) is 18.2 Å². The van der Waals surface area contributed by atoms with Crippen LogP contribution in [0.1, 0.15) is 21.5 Å². The molecule has 2 aromatic carbocycles. The molecular weight excluding hydrogens is 324 g/mol. The van der Waals surface area contributed by atoms with Crippen LogP contribution in [0.15, 0.2) is 85.2 Å². The topological polar surface area (TPSA) is 50.0 Å². The van der Waals surface area contributed by atoms with Crippen LogP contribution in [0.3, 0.4) is 0 Å². The molecule has 0 saturated heterocycles. The molecule has 0 aliphatic rings. The summed E-state index contributed by atoms with van der Waals surface area (Å²) in [6.07, 6.45) is 4.32. The molecule has 26 heavy (non-hydrogen) atoms. The number of nitrogens with zero attached hydrogens (tertiary/aromatic N) is 1. The van der Waals surface area contributed by atoms with Gasteiger partial charge in [-0.3, -0.25) is 9.59 Å². The Kier molecular flexibility index (Phi) is 5.88. The van der Waals surface area contributed by atoms with E-state index in [1.165, 1.54) is 5.56 Å². The Morgan fingerprint density at radius 1 is 0.769 bits per heavy atom. The number of rotatable bonds is 7. The smallest absolute Gasteiger partial charge is 0.285 e. The number of amides is 1. The first-order chi connectivity index (χ1) is 12.7. The maximum Gasteiger partial charge on any atom is 0.285 e. The number of nitrogens with one attached hydrogen (secondary N) is 1. The minimum Gasteiger partial charge on any atom is -0.350 e. The molecule has 0 bridgehead atoms. The quantitative estimate of drug-likeness (QED) is 0.528. The normalized spacial score (nSPS) is 10.3. The third-order valence-electron chi connectivity index (χ3n) is 4.09. The molecule has 3 rings (SSSR count). The van der Waals surface area contributed by atoms with Gasteiger partial charge in [0.15, 0.2) is 18.2 Å². The van der Waals surface area contributed by atoms with Gasteiger partial charge in [0.05, 0.1) is 0 Å². The number of aromatic nitrogens is 1. The second-order valence-corrected chi connectivity index (χ2v) is 6.04. The average molecular weight is 345 g/mol. The maximum atomic E-state index is 12.4. The van der Waals surface area contributed by atoms with E-state index in [9.17, 15) is 9.59 Å². The third kappa shape index (κ3) is 4.86. The van der Waals surface area contributed by atoms with E-state index in [0.29, 0.717) is 17.7 Å². The zero-order chi connectivity index (χ0) is 18.2. The molecule has 130 valence electrons. The van der Waals surface area contributed by atoms with Gasteiger partial charge in [0, 0.05) is 29.8 Å². The molecule has 0 unspecified atom stereocenters. The first-order valence-electron chi connectivity index (χ1n) is 8.62. The van der Waals surface area contributed by atoms with E-state index in [1.54, 1.807) is 41.2 Å². The van der Waals surface area contributed by atoms with Gasteiger partial charge in [-0.05, 0) is 12.0 Å². The molecule has 0 atom stereocenters. The molecule has 4 nitrogen and oxygen atoms in total. The number of carbonyl (C=O) groups is 2. The second-order valence-electron chi connectivity index (χ2n) is 6.04. The van der Waals surface area contributed by atoms with Crippen molar-refractivity contribution in [2.75, 3.05) is 6.54 Å². The summed E-state index contributed by atoms with van der Waals surface area (Å²) < 4.78 is 1.76. The summed E-state index contributed by atoms with van der Waals surface area (Å²) in [5, 5.41) is 2.92. The van der Waals surface area contributed by atoms with Gasteiger partial charge in [0.25, 0.3) is 5.91 Å². The molecule has 1 N–H and O–H groups in total. The van der Waals surface area contributed by atoms with E-state index in [0.717, 1.165) is 6.42 Å². The van der Waals surface area contributed by atoms with Crippen molar-refractivity contribution in [3.63, 3.8) is 0 Å². The highest BCUT2D eigenvalue weighted by molar-refractivity contribution is 6.08. The number of carbonyl (C=O) groups excluding carboxylic acids is 2. The number of hydrogen-bond acceptors (Lipinski definition) is 2. The summed E-state index contributed by atoms with van der Waals surface area (Å²) in [4.78, 5) is 24.4. The van der Waals surface area contributed by atoms with Crippen LogP contribution in [0, 0.1) is 0 Å². The van der Waals surface area contributed by atoms with Crippen LogP contribution in [0.2, 0.25) is 0 Å². The van der Waals surface area contributed by atoms with E-state index in [2.05, 4.69) is 5.32 Å². The molecular formula is C22H21N2O2+. The molecule has 0 fully saturated rings. The lowest BCUT2D eigenvalue weighted by atomic mass is 10.0. The van der Waals surface area contributed by atoms with E-state index < -0.39 is 0 Å². The number of benzene rings is 2. The van der Waals surface area contributed by atoms with Crippen LogP contribution in [0.25, 0.3) is 0 Å². The zero-order valence-corrected chi connectivity index (χ0v) is 14.5. The van der Waals surface area contributed by atoms with Crippen molar-refractivity contribution in [1.82, 2.24) is 5.32 Å². The van der Waals surface area contributed by atoms with Crippen molar-refractivity contribution in [2.24, 2.45) is 0 Å². The van der Waals surface area contributed by atoms with Gasteiger partial charge >= 0.3 is 0 Å². The van der Waals surface area contributed by atoms with Crippen molar-refractivity contribution in [3.8, 4) is 0 Å². The van der Waals surface area contributed by atoms with Gasteiger partial charge in [0.1, 0.15) is 0 Å². The van der Waals surface area contributed by atoms with Gasteiger partial charge in [-0.15, -0.1) is 0 Å². The SMILES string of the molecule is O=C(C[n+]1ccc(C(=O)c2ccccc2)cc1)NCCc1ccccc1. The van der Waals surface area contributed by atoms with Crippen LogP contribution in [0.5, 0.6) is 0 Å². The lowest BCUT2D eigenvalue weighted by Gasteiger charge is -2.04. The number of pyridine rings is 1. The minimum absolute atomic E-state index is 0.0231. The molecule has 0 spiro atoms. The predicted octanol–water partition coefficient (Wildman–Crippen LogP) is 2.56. The highest BCUT2D eigenvalue weighted by Gasteiger charge is 2.12. The Hall–Kier alpha value is -3.27. The predicted molar refractivity (Wildman–Crippen MR) is 99.7 cm³/mol. The first kappa shape index (κ1) is 17.5. The number of ketones is 1. The summed E-state index contributed by atoms with van der Waals surface area (Å²) in [5.74, 6) is -0.0712. The van der Waals surface area contributed by atoms with Gasteiger partial charge < -0.3 is 5.32 Å². The fourth-order valence-electron chi connectivity index (χ4n) is 2.68.